The predicted octanol–water partition coefficient (Wildman–Crippen LogP) is 1.66. The highest BCUT2D eigenvalue weighted by Gasteiger charge is 2.36. The Bertz CT molecular complexity index is 528. The molecule has 1 heterocycles. The molecule has 1 saturated heterocycles. The van der Waals surface area contributed by atoms with Crippen molar-refractivity contribution < 1.29 is 4.79 Å². The Hall–Kier alpha value is -1.55. The first-order valence-corrected chi connectivity index (χ1v) is 7.45. The highest BCUT2D eigenvalue weighted by molar-refractivity contribution is 5.94. The van der Waals surface area contributed by atoms with E-state index in [2.05, 4.69) is 11.0 Å². The number of benzene rings is 1. The van der Waals surface area contributed by atoms with Crippen LogP contribution in [0.5, 0.6) is 0 Å². The van der Waals surface area contributed by atoms with E-state index in [1.54, 1.807) is 0 Å². The first-order chi connectivity index (χ1) is 9.54. The fraction of sp³-hybridized carbons (Fsp3) is 0.562. The van der Waals surface area contributed by atoms with Crippen molar-refractivity contribution in [2.24, 2.45) is 23.3 Å². The lowest BCUT2D eigenvalue weighted by Crippen LogP contribution is -2.32. The lowest BCUT2D eigenvalue weighted by Gasteiger charge is -2.27. The van der Waals surface area contributed by atoms with Gasteiger partial charge in [-0.2, -0.15) is 0 Å². The van der Waals surface area contributed by atoms with Crippen LogP contribution in [0.1, 0.15) is 35.2 Å². The predicted molar refractivity (Wildman–Crippen MR) is 80.7 cm³/mol. The van der Waals surface area contributed by atoms with E-state index in [0.717, 1.165) is 43.3 Å². The molecule has 108 valence electrons. The zero-order valence-electron chi connectivity index (χ0n) is 12.0. The van der Waals surface area contributed by atoms with Crippen LogP contribution >= 0.6 is 0 Å². The number of nitrogens with zero attached hydrogens (tertiary/aromatic N) is 1. The van der Waals surface area contributed by atoms with E-state index in [0.29, 0.717) is 11.6 Å². The molecule has 1 amide bonds. The Kier molecular flexibility index (Phi) is 3.42. The summed E-state index contributed by atoms with van der Waals surface area (Å²) >= 11 is 0. The Labute approximate surface area is 120 Å². The molecule has 3 rings (SSSR count). The van der Waals surface area contributed by atoms with E-state index >= 15 is 0 Å². The van der Waals surface area contributed by atoms with Gasteiger partial charge >= 0.3 is 0 Å². The van der Waals surface area contributed by atoms with E-state index in [4.69, 9.17) is 11.5 Å². The molecule has 4 nitrogen and oxygen atoms in total. The summed E-state index contributed by atoms with van der Waals surface area (Å²) in [5.41, 5.74) is 14.2. The van der Waals surface area contributed by atoms with Gasteiger partial charge in [0.05, 0.1) is 0 Å². The van der Waals surface area contributed by atoms with Crippen molar-refractivity contribution in [3.05, 3.63) is 29.3 Å². The Morgan fingerprint density at radius 2 is 2.00 bits per heavy atom. The molecule has 0 bridgehead atoms. The van der Waals surface area contributed by atoms with Gasteiger partial charge < -0.3 is 16.4 Å². The first-order valence-electron chi connectivity index (χ1n) is 7.45. The number of amides is 1. The second-order valence-corrected chi connectivity index (χ2v) is 6.36. The van der Waals surface area contributed by atoms with Crippen LogP contribution < -0.4 is 16.4 Å². The van der Waals surface area contributed by atoms with Crippen LogP contribution in [-0.4, -0.2) is 25.0 Å². The maximum Gasteiger partial charge on any atom is 0.248 e. The number of rotatable bonds is 2. The Morgan fingerprint density at radius 3 is 2.70 bits per heavy atom. The molecule has 0 radical (unpaired) electrons. The number of carbonyl (C=O) groups is 1. The van der Waals surface area contributed by atoms with Crippen molar-refractivity contribution in [2.45, 2.75) is 32.2 Å². The van der Waals surface area contributed by atoms with Crippen LogP contribution in [0.4, 0.5) is 5.69 Å². The Morgan fingerprint density at radius 1 is 1.25 bits per heavy atom. The molecule has 1 unspecified atom stereocenters. The van der Waals surface area contributed by atoms with Gasteiger partial charge in [0.15, 0.2) is 0 Å². The van der Waals surface area contributed by atoms with Gasteiger partial charge in [-0.15, -0.1) is 0 Å². The van der Waals surface area contributed by atoms with Gasteiger partial charge in [-0.1, -0.05) is 0 Å². The molecular formula is C16H23N3O. The monoisotopic (exact) mass is 273 g/mol. The van der Waals surface area contributed by atoms with Crippen LogP contribution in [0.25, 0.3) is 0 Å². The van der Waals surface area contributed by atoms with Gasteiger partial charge in [-0.25, -0.2) is 0 Å². The van der Waals surface area contributed by atoms with E-state index < -0.39 is 0 Å². The highest BCUT2D eigenvalue weighted by Crippen LogP contribution is 2.38. The van der Waals surface area contributed by atoms with Crippen molar-refractivity contribution in [3.63, 3.8) is 0 Å². The molecule has 1 aromatic rings. The summed E-state index contributed by atoms with van der Waals surface area (Å²) in [5.74, 6) is 1.16. The first kappa shape index (κ1) is 13.4. The number of hydrogen-bond donors (Lipinski definition) is 2. The van der Waals surface area contributed by atoms with Crippen LogP contribution in [0.3, 0.4) is 0 Å². The third kappa shape index (κ3) is 2.40. The van der Waals surface area contributed by atoms with E-state index in [-0.39, 0.29) is 5.91 Å². The van der Waals surface area contributed by atoms with Crippen LogP contribution in [0, 0.1) is 18.8 Å². The number of aryl methyl sites for hydroxylation is 1. The minimum Gasteiger partial charge on any atom is -0.371 e. The molecule has 4 heteroatoms. The van der Waals surface area contributed by atoms with Gasteiger partial charge in [-0.3, -0.25) is 4.79 Å². The maximum absolute atomic E-state index is 11.3. The summed E-state index contributed by atoms with van der Waals surface area (Å²) in [5, 5.41) is 0. The van der Waals surface area contributed by atoms with Crippen LogP contribution in [0.2, 0.25) is 0 Å². The molecule has 0 spiro atoms. The zero-order valence-corrected chi connectivity index (χ0v) is 12.0. The van der Waals surface area contributed by atoms with Gasteiger partial charge in [0.2, 0.25) is 5.91 Å². The molecule has 4 N–H and O–H groups in total. The second kappa shape index (κ2) is 5.09. The van der Waals surface area contributed by atoms with Gasteiger partial charge in [0.25, 0.3) is 0 Å². The quantitative estimate of drug-likeness (QED) is 0.860. The molecule has 1 aliphatic heterocycles. The maximum atomic E-state index is 11.3. The normalized spacial score (nSPS) is 29.3. The summed E-state index contributed by atoms with van der Waals surface area (Å²) in [6.45, 7) is 4.16. The van der Waals surface area contributed by atoms with Crippen molar-refractivity contribution in [3.8, 4) is 0 Å². The van der Waals surface area contributed by atoms with Crippen LogP contribution in [0.15, 0.2) is 18.2 Å². The summed E-state index contributed by atoms with van der Waals surface area (Å²) < 4.78 is 0. The molecule has 0 aromatic heterocycles. The van der Waals surface area contributed by atoms with Gasteiger partial charge in [0, 0.05) is 30.4 Å². The number of nitrogens with two attached hydrogens (primary N) is 2. The summed E-state index contributed by atoms with van der Waals surface area (Å²) in [6.07, 6.45) is 3.56. The molecule has 1 saturated carbocycles. The minimum absolute atomic E-state index is 0.352. The number of hydrogen-bond acceptors (Lipinski definition) is 3. The fourth-order valence-corrected chi connectivity index (χ4v) is 3.80. The largest absolute Gasteiger partial charge is 0.371 e. The summed E-state index contributed by atoms with van der Waals surface area (Å²) in [7, 11) is 0. The minimum atomic E-state index is -0.352. The second-order valence-electron chi connectivity index (χ2n) is 6.36. The van der Waals surface area contributed by atoms with Gasteiger partial charge in [0.1, 0.15) is 0 Å². The van der Waals surface area contributed by atoms with Crippen molar-refractivity contribution in [1.29, 1.82) is 0 Å². The van der Waals surface area contributed by atoms with E-state index in [1.807, 2.05) is 19.1 Å². The number of primary amides is 1. The zero-order chi connectivity index (χ0) is 14.3. The number of fused-ring (bicyclic) bond motifs is 1. The molecule has 2 aliphatic rings. The summed E-state index contributed by atoms with van der Waals surface area (Å²) in [4.78, 5) is 13.7. The lowest BCUT2D eigenvalue weighted by atomic mass is 9.79. The lowest BCUT2D eigenvalue weighted by molar-refractivity contribution is 0.0999. The van der Waals surface area contributed by atoms with Crippen molar-refractivity contribution in [1.82, 2.24) is 0 Å². The third-order valence-electron chi connectivity index (χ3n) is 4.93. The van der Waals surface area contributed by atoms with Gasteiger partial charge in [-0.05, 0) is 61.8 Å². The molecule has 20 heavy (non-hydrogen) atoms. The van der Waals surface area contributed by atoms with E-state index in [9.17, 15) is 4.79 Å². The SMILES string of the molecule is Cc1cc(N2C[C@H]3CCC(N)C[C@H]3C2)ccc1C(N)=O. The molecular weight excluding hydrogens is 250 g/mol. The molecule has 3 atom stereocenters. The molecule has 1 aromatic carbocycles. The number of carbonyl (C=O) groups excluding carboxylic acids is 1. The number of anilines is 1. The standard InChI is InChI=1S/C16H23N3O/c1-10-6-14(4-5-15(10)16(18)20)19-8-11-2-3-13(17)7-12(11)9-19/h4-6,11-13H,2-3,7-9,17H2,1H3,(H2,18,20)/t11-,12+,13?/m1/s1. The molecule has 1 aliphatic carbocycles. The van der Waals surface area contributed by atoms with Crippen molar-refractivity contribution in [2.75, 3.05) is 18.0 Å². The average molecular weight is 273 g/mol. The van der Waals surface area contributed by atoms with E-state index in [1.165, 1.54) is 12.1 Å². The van der Waals surface area contributed by atoms with Crippen molar-refractivity contribution >= 4 is 11.6 Å². The highest BCUT2D eigenvalue weighted by atomic mass is 16.1. The average Bonchev–Trinajstić information content (AvgIpc) is 2.81. The summed E-state index contributed by atoms with van der Waals surface area (Å²) in [6, 6.07) is 6.33. The third-order valence-corrected chi connectivity index (χ3v) is 4.93. The molecule has 2 fully saturated rings. The smallest absolute Gasteiger partial charge is 0.248 e. The fourth-order valence-electron chi connectivity index (χ4n) is 3.80. The topological polar surface area (TPSA) is 72.3 Å². The van der Waals surface area contributed by atoms with Crippen LogP contribution in [-0.2, 0) is 0 Å². The Balaban J connectivity index is 1.78.